The van der Waals surface area contributed by atoms with E-state index in [1.807, 2.05) is 0 Å². The summed E-state index contributed by atoms with van der Waals surface area (Å²) in [5, 5.41) is 0. The molecule has 0 aliphatic heterocycles. The van der Waals surface area contributed by atoms with E-state index >= 15 is 0 Å². The summed E-state index contributed by atoms with van der Waals surface area (Å²) in [5.41, 5.74) is 19.6. The highest BCUT2D eigenvalue weighted by Gasteiger charge is 2.50. The molecule has 0 heterocycles. The summed E-state index contributed by atoms with van der Waals surface area (Å²) < 4.78 is 0. The average molecular weight is 804 g/mol. The van der Waals surface area contributed by atoms with Crippen molar-refractivity contribution in [3.8, 4) is 22.3 Å². The molecule has 3 aliphatic carbocycles. The molecule has 298 valence electrons. The van der Waals surface area contributed by atoms with E-state index in [1.165, 1.54) is 83.6 Å². The Balaban J connectivity index is 1.03. The van der Waals surface area contributed by atoms with Gasteiger partial charge in [0.25, 0.3) is 0 Å². The number of rotatable bonds is 8. The molecule has 1 nitrogen and oxygen atoms in total. The van der Waals surface area contributed by atoms with Crippen LogP contribution in [-0.4, -0.2) is 6.04 Å². The Morgan fingerprint density at radius 1 is 0.333 bits per heavy atom. The van der Waals surface area contributed by atoms with Gasteiger partial charge in [-0.25, -0.2) is 0 Å². The van der Waals surface area contributed by atoms with Crippen molar-refractivity contribution >= 4 is 16.9 Å². The van der Waals surface area contributed by atoms with Crippen molar-refractivity contribution < 1.29 is 0 Å². The highest BCUT2D eigenvalue weighted by atomic mass is 15.2. The molecule has 12 rings (SSSR count). The van der Waals surface area contributed by atoms with Crippen LogP contribution in [0.5, 0.6) is 0 Å². The van der Waals surface area contributed by atoms with Gasteiger partial charge in [-0.15, -0.1) is 0 Å². The summed E-state index contributed by atoms with van der Waals surface area (Å²) in [5.74, 6) is 0. The number of allylic oxidation sites excluding steroid dienone is 2. The third kappa shape index (κ3) is 5.63. The van der Waals surface area contributed by atoms with Gasteiger partial charge in [-0.2, -0.15) is 0 Å². The molecular formula is C62H45N. The van der Waals surface area contributed by atoms with Crippen LogP contribution in [0.2, 0.25) is 0 Å². The number of nitrogens with zero attached hydrogens (tertiary/aromatic N) is 1. The summed E-state index contributed by atoms with van der Waals surface area (Å²) in [4.78, 5) is 2.57. The van der Waals surface area contributed by atoms with Gasteiger partial charge in [0, 0.05) is 11.4 Å². The third-order valence-corrected chi connectivity index (χ3v) is 14.0. The second-order valence-electron chi connectivity index (χ2n) is 17.1. The lowest BCUT2D eigenvalue weighted by Crippen LogP contribution is -2.33. The first-order valence-electron chi connectivity index (χ1n) is 22.2. The fourth-order valence-electron chi connectivity index (χ4n) is 11.4. The standard InChI is InChI=1S/C62H45N/c1-5-19-44(20-6-1)45-33-37-50(38-34-45)63(51-39-35-49(36-40-51)62(48-25-11-4-12-26-48)57-30-16-13-27-53(57)54-28-14-17-31-58(54)62)52-41-42-60-56(43-52)55-29-15-18-32-59(55)61(60,46-21-7-2-8-22-46)47-23-9-3-10-24-47/h1-40,42-43,52H,41H2. The van der Waals surface area contributed by atoms with Gasteiger partial charge >= 0.3 is 0 Å². The smallest absolute Gasteiger partial charge is 0.0713 e. The van der Waals surface area contributed by atoms with Crippen LogP contribution in [0, 0.1) is 0 Å². The molecule has 3 aliphatic rings. The van der Waals surface area contributed by atoms with Crippen LogP contribution in [0.15, 0.2) is 260 Å². The van der Waals surface area contributed by atoms with Crippen molar-refractivity contribution in [3.05, 3.63) is 305 Å². The maximum absolute atomic E-state index is 2.57. The predicted octanol–water partition coefficient (Wildman–Crippen LogP) is 15.0. The van der Waals surface area contributed by atoms with E-state index in [4.69, 9.17) is 0 Å². The van der Waals surface area contributed by atoms with Crippen molar-refractivity contribution in [2.45, 2.75) is 23.3 Å². The zero-order valence-electron chi connectivity index (χ0n) is 35.0. The second kappa shape index (κ2) is 15.0. The SMILES string of the molecule is C1=C2C(=CCC1N(c1ccc(-c3ccccc3)cc1)c1ccc(C3(c4ccccc4)c4ccccc4-c4ccccc43)cc1)C(c1ccccc1)(c1ccccc1)c1ccccc12. The first kappa shape index (κ1) is 37.1. The minimum absolute atomic E-state index is 0.0589. The molecule has 9 aromatic carbocycles. The molecular weight excluding hydrogens is 759 g/mol. The van der Waals surface area contributed by atoms with E-state index in [1.54, 1.807) is 0 Å². The summed E-state index contributed by atoms with van der Waals surface area (Å²) in [6, 6.07) is 89.9. The summed E-state index contributed by atoms with van der Waals surface area (Å²) >= 11 is 0. The van der Waals surface area contributed by atoms with E-state index in [0.717, 1.165) is 12.1 Å². The molecule has 0 aromatic heterocycles. The maximum atomic E-state index is 2.57. The van der Waals surface area contributed by atoms with Gasteiger partial charge in [-0.05, 0) is 109 Å². The Morgan fingerprint density at radius 3 is 1.24 bits per heavy atom. The molecule has 0 radical (unpaired) electrons. The molecule has 0 N–H and O–H groups in total. The Kier molecular flexibility index (Phi) is 8.83. The molecule has 0 saturated heterocycles. The lowest BCUT2D eigenvalue weighted by molar-refractivity contribution is 0.732. The number of benzene rings is 9. The molecule has 0 fully saturated rings. The number of fused-ring (bicyclic) bond motifs is 6. The topological polar surface area (TPSA) is 3.24 Å². The van der Waals surface area contributed by atoms with Crippen molar-refractivity contribution in [1.29, 1.82) is 0 Å². The van der Waals surface area contributed by atoms with Crippen molar-refractivity contribution in [2.24, 2.45) is 0 Å². The molecule has 63 heavy (non-hydrogen) atoms. The van der Waals surface area contributed by atoms with E-state index < -0.39 is 10.8 Å². The minimum atomic E-state index is -0.453. The quantitative estimate of drug-likeness (QED) is 0.148. The number of hydrogen-bond donors (Lipinski definition) is 0. The average Bonchev–Trinajstić information content (AvgIpc) is 3.84. The van der Waals surface area contributed by atoms with E-state index in [-0.39, 0.29) is 6.04 Å². The lowest BCUT2D eigenvalue weighted by atomic mass is 9.66. The highest BCUT2D eigenvalue weighted by Crippen LogP contribution is 2.59. The van der Waals surface area contributed by atoms with Crippen LogP contribution in [0.3, 0.4) is 0 Å². The molecule has 0 bridgehead atoms. The van der Waals surface area contributed by atoms with Gasteiger partial charge in [0.2, 0.25) is 0 Å². The lowest BCUT2D eigenvalue weighted by Gasteiger charge is -2.38. The number of hydrogen-bond acceptors (Lipinski definition) is 1. The van der Waals surface area contributed by atoms with Gasteiger partial charge < -0.3 is 4.90 Å². The molecule has 0 amide bonds. The molecule has 0 spiro atoms. The first-order valence-corrected chi connectivity index (χ1v) is 22.2. The first-order chi connectivity index (χ1) is 31.3. The van der Waals surface area contributed by atoms with E-state index in [0.29, 0.717) is 0 Å². The normalized spacial score (nSPS) is 16.2. The van der Waals surface area contributed by atoms with Crippen molar-refractivity contribution in [3.63, 3.8) is 0 Å². The highest BCUT2D eigenvalue weighted by molar-refractivity contribution is 5.95. The summed E-state index contributed by atoms with van der Waals surface area (Å²) in [7, 11) is 0. The van der Waals surface area contributed by atoms with Crippen LogP contribution in [0.25, 0.3) is 27.8 Å². The van der Waals surface area contributed by atoms with Crippen LogP contribution in [0.4, 0.5) is 11.4 Å². The fraction of sp³-hybridized carbons (Fsp3) is 0.0645. The Morgan fingerprint density at radius 2 is 0.714 bits per heavy atom. The van der Waals surface area contributed by atoms with Crippen LogP contribution in [-0.2, 0) is 10.8 Å². The van der Waals surface area contributed by atoms with Gasteiger partial charge in [0.1, 0.15) is 0 Å². The Bertz CT molecular complexity index is 3080. The zero-order chi connectivity index (χ0) is 41.8. The summed E-state index contributed by atoms with van der Waals surface area (Å²) in [6.07, 6.45) is 5.97. The second-order valence-corrected chi connectivity index (χ2v) is 17.1. The summed E-state index contributed by atoms with van der Waals surface area (Å²) in [6.45, 7) is 0. The van der Waals surface area contributed by atoms with Crippen LogP contribution in [0.1, 0.15) is 50.9 Å². The molecule has 1 unspecified atom stereocenters. The Labute approximate surface area is 370 Å². The van der Waals surface area contributed by atoms with Gasteiger partial charge in [-0.1, -0.05) is 231 Å². The zero-order valence-corrected chi connectivity index (χ0v) is 35.0. The largest absolute Gasteiger partial charge is 0.334 e. The maximum Gasteiger partial charge on any atom is 0.0713 e. The number of anilines is 2. The Hall–Kier alpha value is -7.74. The van der Waals surface area contributed by atoms with E-state index in [9.17, 15) is 0 Å². The van der Waals surface area contributed by atoms with Gasteiger partial charge in [0.15, 0.2) is 0 Å². The minimum Gasteiger partial charge on any atom is -0.334 e. The van der Waals surface area contributed by atoms with Crippen LogP contribution < -0.4 is 4.90 Å². The monoisotopic (exact) mass is 803 g/mol. The molecule has 9 aromatic rings. The molecule has 1 atom stereocenters. The van der Waals surface area contributed by atoms with Crippen molar-refractivity contribution in [1.82, 2.24) is 0 Å². The van der Waals surface area contributed by atoms with Gasteiger partial charge in [0.05, 0.1) is 16.9 Å². The third-order valence-electron chi connectivity index (χ3n) is 14.0. The molecule has 0 saturated carbocycles. The molecule has 1 heteroatoms. The predicted molar refractivity (Wildman–Crippen MR) is 261 cm³/mol. The van der Waals surface area contributed by atoms with Crippen LogP contribution >= 0.6 is 0 Å². The van der Waals surface area contributed by atoms with Crippen molar-refractivity contribution in [2.75, 3.05) is 4.90 Å². The van der Waals surface area contributed by atoms with E-state index in [2.05, 4.69) is 260 Å². The fourth-order valence-corrected chi connectivity index (χ4v) is 11.4. The van der Waals surface area contributed by atoms with Gasteiger partial charge in [-0.3, -0.25) is 0 Å².